The first-order valence-corrected chi connectivity index (χ1v) is 12.3. The zero-order valence-corrected chi connectivity index (χ0v) is 19.2. The Morgan fingerprint density at radius 1 is 0.722 bits per heavy atom. The molecule has 1 atom stereocenters. The Morgan fingerprint density at radius 3 is 2.53 bits per heavy atom. The second-order valence-electron chi connectivity index (χ2n) is 9.66. The lowest BCUT2D eigenvalue weighted by molar-refractivity contribution is 0.669. The maximum atomic E-state index is 6.29. The summed E-state index contributed by atoms with van der Waals surface area (Å²) < 4.78 is 8.64. The Kier molecular flexibility index (Phi) is 3.30. The zero-order valence-electron chi connectivity index (χ0n) is 19.2. The van der Waals surface area contributed by atoms with Gasteiger partial charge in [-0.15, -0.1) is 0 Å². The van der Waals surface area contributed by atoms with E-state index in [1.54, 1.807) is 0 Å². The Hall–Kier alpha value is -4.83. The molecule has 0 saturated heterocycles. The van der Waals surface area contributed by atoms with Gasteiger partial charge in [-0.2, -0.15) is 0 Å². The summed E-state index contributed by atoms with van der Waals surface area (Å²) in [6.45, 7) is 0. The molecule has 4 nitrogen and oxygen atoms in total. The van der Waals surface area contributed by atoms with Crippen molar-refractivity contribution in [2.45, 2.75) is 6.04 Å². The van der Waals surface area contributed by atoms with Crippen molar-refractivity contribution in [2.75, 3.05) is 5.32 Å². The number of rotatable bonds is 1. The molecule has 4 heterocycles. The van der Waals surface area contributed by atoms with E-state index in [9.17, 15) is 0 Å². The van der Waals surface area contributed by atoms with E-state index < -0.39 is 0 Å². The predicted octanol–water partition coefficient (Wildman–Crippen LogP) is 8.24. The van der Waals surface area contributed by atoms with Gasteiger partial charge in [0.2, 0.25) is 0 Å². The van der Waals surface area contributed by atoms with Crippen LogP contribution >= 0.6 is 0 Å². The SMILES string of the molecule is C1=CC2=Nc3c(c4cc(-c5ccccc5)cc5c6ccc7oc8ccccc8c7c6n3c45)NC2C=C1. The largest absolute Gasteiger partial charge is 0.456 e. The number of aromatic nitrogens is 1. The molecule has 36 heavy (non-hydrogen) atoms. The van der Waals surface area contributed by atoms with Crippen molar-refractivity contribution < 1.29 is 4.42 Å². The lowest BCUT2D eigenvalue weighted by atomic mass is 9.98. The molecule has 9 rings (SSSR count). The van der Waals surface area contributed by atoms with E-state index in [0.717, 1.165) is 44.7 Å². The first-order valence-electron chi connectivity index (χ1n) is 12.3. The van der Waals surface area contributed by atoms with Crippen molar-refractivity contribution in [3.8, 4) is 11.1 Å². The highest BCUT2D eigenvalue weighted by Gasteiger charge is 2.30. The molecule has 0 saturated carbocycles. The average molecular weight is 462 g/mol. The Morgan fingerprint density at radius 2 is 1.58 bits per heavy atom. The molecule has 1 N–H and O–H groups in total. The molecule has 1 unspecified atom stereocenters. The third kappa shape index (κ3) is 2.22. The fourth-order valence-electron chi connectivity index (χ4n) is 6.16. The van der Waals surface area contributed by atoms with Crippen molar-refractivity contribution in [3.05, 3.63) is 103 Å². The molecule has 3 aromatic heterocycles. The monoisotopic (exact) mass is 461 g/mol. The fraction of sp³-hybridized carbons (Fsp3) is 0.0312. The fourth-order valence-corrected chi connectivity index (χ4v) is 6.16. The maximum Gasteiger partial charge on any atom is 0.162 e. The second kappa shape index (κ2) is 6.43. The molecular formula is C32H19N3O. The van der Waals surface area contributed by atoms with Gasteiger partial charge in [0.1, 0.15) is 11.2 Å². The van der Waals surface area contributed by atoms with Crippen molar-refractivity contribution >= 4 is 66.3 Å². The van der Waals surface area contributed by atoms with Crippen molar-refractivity contribution in [1.29, 1.82) is 0 Å². The molecule has 2 aliphatic rings. The second-order valence-corrected chi connectivity index (χ2v) is 9.66. The normalized spacial score (nSPS) is 16.8. The van der Waals surface area contributed by atoms with Crippen LogP contribution in [0.15, 0.2) is 113 Å². The Labute approximate surface area is 205 Å². The molecule has 0 radical (unpaired) electrons. The number of fused-ring (bicyclic) bond motifs is 11. The molecule has 7 aromatic rings. The molecule has 0 fully saturated rings. The number of para-hydroxylation sites is 1. The number of nitrogens with zero attached hydrogens (tertiary/aromatic N) is 2. The number of nitrogens with one attached hydrogen (secondary N) is 1. The minimum atomic E-state index is 0.0785. The van der Waals surface area contributed by atoms with Gasteiger partial charge in [-0.3, -0.25) is 4.40 Å². The predicted molar refractivity (Wildman–Crippen MR) is 149 cm³/mol. The number of allylic oxidation sites excluding steroid dienone is 2. The highest BCUT2D eigenvalue weighted by atomic mass is 16.3. The minimum Gasteiger partial charge on any atom is -0.456 e. The molecular weight excluding hydrogens is 442 g/mol. The van der Waals surface area contributed by atoms with Crippen LogP contribution in [0.2, 0.25) is 0 Å². The molecule has 1 aliphatic heterocycles. The molecule has 168 valence electrons. The first kappa shape index (κ1) is 18.5. The van der Waals surface area contributed by atoms with Gasteiger partial charge in [-0.25, -0.2) is 4.99 Å². The molecule has 0 bridgehead atoms. The van der Waals surface area contributed by atoms with Crippen LogP contribution in [-0.4, -0.2) is 16.2 Å². The van der Waals surface area contributed by atoms with Gasteiger partial charge in [0.25, 0.3) is 0 Å². The van der Waals surface area contributed by atoms with Gasteiger partial charge >= 0.3 is 0 Å². The van der Waals surface area contributed by atoms with Crippen LogP contribution in [0, 0.1) is 0 Å². The number of hydrogen-bond acceptors (Lipinski definition) is 3. The molecule has 4 heteroatoms. The van der Waals surface area contributed by atoms with Crippen molar-refractivity contribution in [2.24, 2.45) is 4.99 Å². The van der Waals surface area contributed by atoms with Crippen LogP contribution in [-0.2, 0) is 0 Å². The summed E-state index contributed by atoms with van der Waals surface area (Å²) in [4.78, 5) is 5.23. The smallest absolute Gasteiger partial charge is 0.162 e. The van der Waals surface area contributed by atoms with Gasteiger partial charge < -0.3 is 9.73 Å². The van der Waals surface area contributed by atoms with Gasteiger partial charge in [0, 0.05) is 21.5 Å². The van der Waals surface area contributed by atoms with E-state index in [1.807, 2.05) is 12.1 Å². The number of benzene rings is 4. The Balaban J connectivity index is 1.53. The van der Waals surface area contributed by atoms with Gasteiger partial charge in [0.15, 0.2) is 5.82 Å². The van der Waals surface area contributed by atoms with Crippen LogP contribution in [0.3, 0.4) is 0 Å². The zero-order chi connectivity index (χ0) is 23.4. The van der Waals surface area contributed by atoms with E-state index in [-0.39, 0.29) is 6.04 Å². The minimum absolute atomic E-state index is 0.0785. The van der Waals surface area contributed by atoms with E-state index in [4.69, 9.17) is 9.41 Å². The van der Waals surface area contributed by atoms with Crippen molar-refractivity contribution in [3.63, 3.8) is 0 Å². The van der Waals surface area contributed by atoms with Crippen molar-refractivity contribution in [1.82, 2.24) is 4.40 Å². The molecule has 4 aromatic carbocycles. The number of hydrogen-bond donors (Lipinski definition) is 1. The lowest BCUT2D eigenvalue weighted by Crippen LogP contribution is -2.29. The van der Waals surface area contributed by atoms with Gasteiger partial charge in [0.05, 0.1) is 33.9 Å². The first-order chi connectivity index (χ1) is 17.8. The third-order valence-electron chi connectivity index (χ3n) is 7.71. The summed E-state index contributed by atoms with van der Waals surface area (Å²) in [6, 6.07) is 28.0. The lowest BCUT2D eigenvalue weighted by Gasteiger charge is -2.23. The van der Waals surface area contributed by atoms with Crippen LogP contribution in [0.25, 0.3) is 60.3 Å². The Bertz CT molecular complexity index is 2120. The number of furan rings is 1. The topological polar surface area (TPSA) is 41.9 Å². The van der Waals surface area contributed by atoms with E-state index >= 15 is 0 Å². The summed E-state index contributed by atoms with van der Waals surface area (Å²) in [5.41, 5.74) is 8.71. The molecule has 0 amide bonds. The maximum absolute atomic E-state index is 6.29. The summed E-state index contributed by atoms with van der Waals surface area (Å²) in [5.74, 6) is 0.958. The van der Waals surface area contributed by atoms with E-state index in [0.29, 0.717) is 0 Å². The highest BCUT2D eigenvalue weighted by Crippen LogP contribution is 2.50. The van der Waals surface area contributed by atoms with Crippen LogP contribution < -0.4 is 5.32 Å². The van der Waals surface area contributed by atoms with E-state index in [2.05, 4.69) is 101 Å². The standard InChI is InChI=1S/C32H19N3O/c1-2-8-18(9-3-1)19-16-22-20-14-15-27-28(21-10-4-7-13-26(21)36-27)31(20)35-30(22)23(17-19)29-32(35)34-25-12-6-5-11-24(25)33-29/h1-17,24,33H. The third-order valence-corrected chi connectivity index (χ3v) is 7.71. The van der Waals surface area contributed by atoms with Gasteiger partial charge in [-0.05, 0) is 47.5 Å². The number of aliphatic imine (C=N–C) groups is 1. The molecule has 1 aliphatic carbocycles. The highest BCUT2D eigenvalue weighted by molar-refractivity contribution is 6.29. The van der Waals surface area contributed by atoms with Gasteiger partial charge in [-0.1, -0.05) is 66.8 Å². The summed E-state index contributed by atoms with van der Waals surface area (Å²) in [7, 11) is 0. The summed E-state index contributed by atoms with van der Waals surface area (Å²) in [6.07, 6.45) is 8.42. The van der Waals surface area contributed by atoms with E-state index in [1.165, 1.54) is 32.8 Å². The summed E-state index contributed by atoms with van der Waals surface area (Å²) >= 11 is 0. The van der Waals surface area contributed by atoms with Crippen LogP contribution in [0.4, 0.5) is 11.5 Å². The molecule has 0 spiro atoms. The van der Waals surface area contributed by atoms with Crippen LogP contribution in [0.1, 0.15) is 0 Å². The quantitative estimate of drug-likeness (QED) is 0.267. The summed E-state index contributed by atoms with van der Waals surface area (Å²) in [5, 5.41) is 9.72. The van der Waals surface area contributed by atoms with Crippen LogP contribution in [0.5, 0.6) is 0 Å². The average Bonchev–Trinajstić information content (AvgIpc) is 3.58. The number of anilines is 1.